The first kappa shape index (κ1) is 8.95. The van der Waals surface area contributed by atoms with E-state index in [1.807, 2.05) is 11.6 Å². The predicted octanol–water partition coefficient (Wildman–Crippen LogP) is 0.338. The second-order valence-electron chi connectivity index (χ2n) is 2.61. The highest BCUT2D eigenvalue weighted by Crippen LogP contribution is 2.23. The van der Waals surface area contributed by atoms with E-state index in [4.69, 9.17) is 5.73 Å². The van der Waals surface area contributed by atoms with Crippen LogP contribution in [0.2, 0.25) is 0 Å². The van der Waals surface area contributed by atoms with Crippen molar-refractivity contribution in [3.8, 4) is 0 Å². The quantitative estimate of drug-likeness (QED) is 0.716. The van der Waals surface area contributed by atoms with Crippen molar-refractivity contribution < 1.29 is 0 Å². The molecule has 0 radical (unpaired) electrons. The molecule has 0 fully saturated rings. The third kappa shape index (κ3) is 1.82. The first-order chi connectivity index (χ1) is 6.75. The third-order valence-electron chi connectivity index (χ3n) is 1.53. The standard InChI is InChI=1S/C7H8N6S/c1-13-4-11-12-7(13)14-6-2-5(8)9-3-10-6/h2-4H,1H3,(H2,8,9,10). The molecule has 72 valence electrons. The fourth-order valence-corrected chi connectivity index (χ4v) is 1.61. The minimum absolute atomic E-state index is 0.449. The molecule has 0 saturated heterocycles. The second-order valence-corrected chi connectivity index (χ2v) is 3.60. The maximum absolute atomic E-state index is 5.52. The highest BCUT2D eigenvalue weighted by Gasteiger charge is 2.04. The van der Waals surface area contributed by atoms with Crippen LogP contribution < -0.4 is 5.73 Å². The number of nitrogen functional groups attached to an aromatic ring is 1. The average Bonchev–Trinajstić information content (AvgIpc) is 2.52. The fraction of sp³-hybridized carbons (Fsp3) is 0.143. The van der Waals surface area contributed by atoms with Gasteiger partial charge >= 0.3 is 0 Å². The number of hydrogen-bond acceptors (Lipinski definition) is 6. The number of nitrogens with two attached hydrogens (primary N) is 1. The van der Waals surface area contributed by atoms with Gasteiger partial charge in [0.05, 0.1) is 0 Å². The Kier molecular flexibility index (Phi) is 2.32. The monoisotopic (exact) mass is 208 g/mol. The summed E-state index contributed by atoms with van der Waals surface area (Å²) in [7, 11) is 1.87. The van der Waals surface area contributed by atoms with Crippen LogP contribution in [-0.4, -0.2) is 24.7 Å². The van der Waals surface area contributed by atoms with E-state index < -0.39 is 0 Å². The Bertz CT molecular complexity index is 439. The van der Waals surface area contributed by atoms with Crippen LogP contribution in [0, 0.1) is 0 Å². The lowest BCUT2D eigenvalue weighted by Crippen LogP contribution is -1.93. The molecule has 0 amide bonds. The Morgan fingerprint density at radius 2 is 2.29 bits per heavy atom. The molecule has 0 aromatic carbocycles. The van der Waals surface area contributed by atoms with Crippen LogP contribution in [0.1, 0.15) is 0 Å². The molecule has 2 aromatic heterocycles. The molecular formula is C7H8N6S. The molecule has 6 nitrogen and oxygen atoms in total. The van der Waals surface area contributed by atoms with Gasteiger partial charge in [0.1, 0.15) is 23.5 Å². The van der Waals surface area contributed by atoms with Crippen molar-refractivity contribution in [2.24, 2.45) is 7.05 Å². The summed E-state index contributed by atoms with van der Waals surface area (Å²) in [6, 6.07) is 1.69. The van der Waals surface area contributed by atoms with Crippen molar-refractivity contribution in [1.29, 1.82) is 0 Å². The van der Waals surface area contributed by atoms with Gasteiger partial charge in [0.25, 0.3) is 0 Å². The highest BCUT2D eigenvalue weighted by molar-refractivity contribution is 7.99. The van der Waals surface area contributed by atoms with Crippen molar-refractivity contribution >= 4 is 17.6 Å². The van der Waals surface area contributed by atoms with Crippen LogP contribution in [0.3, 0.4) is 0 Å². The zero-order chi connectivity index (χ0) is 9.97. The van der Waals surface area contributed by atoms with E-state index in [0.29, 0.717) is 5.82 Å². The van der Waals surface area contributed by atoms with Gasteiger partial charge in [-0.15, -0.1) is 10.2 Å². The zero-order valence-corrected chi connectivity index (χ0v) is 8.27. The van der Waals surface area contributed by atoms with Gasteiger partial charge in [0, 0.05) is 13.1 Å². The van der Waals surface area contributed by atoms with E-state index in [9.17, 15) is 0 Å². The summed E-state index contributed by atoms with van der Waals surface area (Å²) in [5, 5.41) is 9.20. The van der Waals surface area contributed by atoms with Crippen LogP contribution >= 0.6 is 11.8 Å². The lowest BCUT2D eigenvalue weighted by molar-refractivity contribution is 0.787. The molecule has 0 aliphatic heterocycles. The van der Waals surface area contributed by atoms with E-state index in [-0.39, 0.29) is 0 Å². The normalized spacial score (nSPS) is 10.4. The molecule has 0 spiro atoms. The SMILES string of the molecule is Cn1cnnc1Sc1cc(N)ncn1. The van der Waals surface area contributed by atoms with Gasteiger partial charge < -0.3 is 10.3 Å². The average molecular weight is 208 g/mol. The van der Waals surface area contributed by atoms with E-state index >= 15 is 0 Å². The Morgan fingerprint density at radius 3 is 2.93 bits per heavy atom. The molecule has 0 unspecified atom stereocenters. The summed E-state index contributed by atoms with van der Waals surface area (Å²) in [4.78, 5) is 7.85. The maximum atomic E-state index is 5.52. The fourth-order valence-electron chi connectivity index (χ4n) is 0.868. The molecule has 7 heteroatoms. The molecule has 0 atom stereocenters. The number of rotatable bonds is 2. The van der Waals surface area contributed by atoms with Crippen LogP contribution in [0.25, 0.3) is 0 Å². The van der Waals surface area contributed by atoms with E-state index in [1.54, 1.807) is 12.4 Å². The topological polar surface area (TPSA) is 82.5 Å². The first-order valence-corrected chi connectivity index (χ1v) is 4.67. The number of aromatic nitrogens is 5. The van der Waals surface area contributed by atoms with Gasteiger partial charge in [-0.05, 0) is 11.8 Å². The lowest BCUT2D eigenvalue weighted by atomic mass is 10.6. The Morgan fingerprint density at radius 1 is 1.43 bits per heavy atom. The van der Waals surface area contributed by atoms with Crippen LogP contribution in [-0.2, 0) is 7.05 Å². The Labute approximate surface area is 84.6 Å². The van der Waals surface area contributed by atoms with Crippen LogP contribution in [0.15, 0.2) is 28.9 Å². The Hall–Kier alpha value is -1.63. The first-order valence-electron chi connectivity index (χ1n) is 3.85. The van der Waals surface area contributed by atoms with Gasteiger partial charge in [-0.25, -0.2) is 9.97 Å². The summed E-state index contributed by atoms with van der Waals surface area (Å²) in [6.45, 7) is 0. The van der Waals surface area contributed by atoms with Gasteiger partial charge in [-0.2, -0.15) is 0 Å². The van der Waals surface area contributed by atoms with E-state index in [1.165, 1.54) is 18.1 Å². The second kappa shape index (κ2) is 3.62. The molecule has 2 heterocycles. The van der Waals surface area contributed by atoms with Crippen molar-refractivity contribution in [3.63, 3.8) is 0 Å². The molecule has 0 aliphatic carbocycles. The molecule has 2 N–H and O–H groups in total. The minimum Gasteiger partial charge on any atom is -0.384 e. The summed E-state index contributed by atoms with van der Waals surface area (Å²) >= 11 is 1.39. The maximum Gasteiger partial charge on any atom is 0.197 e. The van der Waals surface area contributed by atoms with Crippen LogP contribution in [0.4, 0.5) is 5.82 Å². The third-order valence-corrected chi connectivity index (χ3v) is 2.51. The van der Waals surface area contributed by atoms with Crippen molar-refractivity contribution in [2.75, 3.05) is 5.73 Å². The number of hydrogen-bond donors (Lipinski definition) is 1. The molecule has 14 heavy (non-hydrogen) atoms. The molecule has 0 bridgehead atoms. The summed E-state index contributed by atoms with van der Waals surface area (Å²) in [5.41, 5.74) is 5.52. The summed E-state index contributed by atoms with van der Waals surface area (Å²) < 4.78 is 1.81. The molecule has 2 aromatic rings. The highest BCUT2D eigenvalue weighted by atomic mass is 32.2. The molecule has 2 rings (SSSR count). The van der Waals surface area contributed by atoms with Crippen molar-refractivity contribution in [1.82, 2.24) is 24.7 Å². The van der Waals surface area contributed by atoms with Crippen molar-refractivity contribution in [2.45, 2.75) is 10.2 Å². The summed E-state index contributed by atoms with van der Waals surface area (Å²) in [6.07, 6.45) is 3.06. The zero-order valence-electron chi connectivity index (χ0n) is 7.45. The van der Waals surface area contributed by atoms with E-state index in [0.717, 1.165) is 10.2 Å². The van der Waals surface area contributed by atoms with E-state index in [2.05, 4.69) is 20.2 Å². The number of anilines is 1. The molecule has 0 aliphatic rings. The van der Waals surface area contributed by atoms with Crippen molar-refractivity contribution in [3.05, 3.63) is 18.7 Å². The summed E-state index contributed by atoms with van der Waals surface area (Å²) in [5.74, 6) is 0.449. The van der Waals surface area contributed by atoms with Gasteiger partial charge in [0.2, 0.25) is 0 Å². The molecular weight excluding hydrogens is 200 g/mol. The minimum atomic E-state index is 0.449. The van der Waals surface area contributed by atoms with Gasteiger partial charge in [-0.1, -0.05) is 0 Å². The Balaban J connectivity index is 2.23. The largest absolute Gasteiger partial charge is 0.384 e. The van der Waals surface area contributed by atoms with Gasteiger partial charge in [0.15, 0.2) is 5.16 Å². The van der Waals surface area contributed by atoms with Crippen LogP contribution in [0.5, 0.6) is 0 Å². The van der Waals surface area contributed by atoms with Gasteiger partial charge in [-0.3, -0.25) is 0 Å². The number of aryl methyl sites for hydroxylation is 1. The smallest absolute Gasteiger partial charge is 0.197 e. The number of nitrogens with zero attached hydrogens (tertiary/aromatic N) is 5. The molecule has 0 saturated carbocycles. The lowest BCUT2D eigenvalue weighted by Gasteiger charge is -1.99. The predicted molar refractivity (Wildman–Crippen MR) is 51.6 cm³/mol.